The first-order chi connectivity index (χ1) is 11.7. The van der Waals surface area contributed by atoms with Crippen LogP contribution in [-0.2, 0) is 6.42 Å². The maximum atomic E-state index is 11.6. The van der Waals surface area contributed by atoms with Crippen LogP contribution < -0.4 is 15.7 Å². The molecule has 6 heteroatoms. The third-order valence-electron chi connectivity index (χ3n) is 3.33. The second-order valence-corrected chi connectivity index (χ2v) is 5.48. The lowest BCUT2D eigenvalue weighted by Crippen LogP contribution is -2.11. The Morgan fingerprint density at radius 2 is 2.04 bits per heavy atom. The van der Waals surface area contributed by atoms with E-state index in [1.165, 1.54) is 6.07 Å². The number of benzene rings is 1. The summed E-state index contributed by atoms with van der Waals surface area (Å²) >= 11 is 0. The lowest BCUT2D eigenvalue weighted by atomic mass is 10.2. The first-order valence-corrected chi connectivity index (χ1v) is 8.33. The molecule has 0 fully saturated rings. The third kappa shape index (κ3) is 5.87. The van der Waals surface area contributed by atoms with Crippen molar-refractivity contribution in [1.29, 1.82) is 0 Å². The second kappa shape index (κ2) is 9.50. The molecule has 0 aliphatic heterocycles. The molecule has 2 aromatic rings. The van der Waals surface area contributed by atoms with E-state index >= 15 is 0 Å². The average Bonchev–Trinajstić information content (AvgIpc) is 2.56. The minimum atomic E-state index is -0.181. The number of rotatable bonds is 9. The van der Waals surface area contributed by atoms with Gasteiger partial charge in [-0.05, 0) is 42.7 Å². The van der Waals surface area contributed by atoms with Crippen LogP contribution in [0.4, 0.5) is 5.95 Å². The molecule has 128 valence electrons. The van der Waals surface area contributed by atoms with Crippen LogP contribution in [0.1, 0.15) is 44.4 Å². The quantitative estimate of drug-likeness (QED) is 0.420. The number of H-pyrrole nitrogens is 1. The molecule has 1 aromatic carbocycles. The van der Waals surface area contributed by atoms with Gasteiger partial charge in [0.1, 0.15) is 5.75 Å². The van der Waals surface area contributed by atoms with Crippen molar-refractivity contribution in [2.45, 2.75) is 39.5 Å². The second-order valence-electron chi connectivity index (χ2n) is 5.48. The number of aryl methyl sites for hydroxylation is 1. The number of hydrogen-bond acceptors (Lipinski definition) is 5. The highest BCUT2D eigenvalue weighted by atomic mass is 16.5. The molecule has 6 nitrogen and oxygen atoms in total. The summed E-state index contributed by atoms with van der Waals surface area (Å²) in [5.74, 6) is 1.20. The topological polar surface area (TPSA) is 79.4 Å². The van der Waals surface area contributed by atoms with E-state index < -0.39 is 0 Å². The van der Waals surface area contributed by atoms with E-state index in [-0.39, 0.29) is 5.56 Å². The summed E-state index contributed by atoms with van der Waals surface area (Å²) in [5, 5.41) is 4.11. The minimum absolute atomic E-state index is 0.181. The SMILES string of the molecule is CCCCOc1ccc(/C=N/Nc2nc(CCC)cc(=O)[nH]2)cc1. The van der Waals surface area contributed by atoms with Gasteiger partial charge in [0.2, 0.25) is 5.95 Å². The third-order valence-corrected chi connectivity index (χ3v) is 3.33. The number of hydrogen-bond donors (Lipinski definition) is 2. The Morgan fingerprint density at radius 3 is 2.75 bits per heavy atom. The number of unbranched alkanes of at least 4 members (excludes halogenated alkanes) is 1. The van der Waals surface area contributed by atoms with Crippen LogP contribution in [0.2, 0.25) is 0 Å². The van der Waals surface area contributed by atoms with Gasteiger partial charge in [0.15, 0.2) is 0 Å². The molecule has 0 spiro atoms. The molecule has 0 aliphatic rings. The molecule has 2 rings (SSSR count). The molecule has 24 heavy (non-hydrogen) atoms. The first-order valence-electron chi connectivity index (χ1n) is 8.33. The molecule has 0 aliphatic carbocycles. The molecule has 2 N–H and O–H groups in total. The van der Waals surface area contributed by atoms with Crippen LogP contribution in [0.3, 0.4) is 0 Å². The van der Waals surface area contributed by atoms with Crippen molar-refractivity contribution in [2.24, 2.45) is 5.10 Å². The summed E-state index contributed by atoms with van der Waals surface area (Å²) in [7, 11) is 0. The van der Waals surface area contributed by atoms with Crippen LogP contribution >= 0.6 is 0 Å². The summed E-state index contributed by atoms with van der Waals surface area (Å²) in [6, 6.07) is 9.19. The lowest BCUT2D eigenvalue weighted by molar-refractivity contribution is 0.309. The molecule has 0 radical (unpaired) electrons. The zero-order chi connectivity index (χ0) is 17.2. The Bertz CT molecular complexity index is 708. The smallest absolute Gasteiger partial charge is 0.252 e. The van der Waals surface area contributed by atoms with Gasteiger partial charge in [0.05, 0.1) is 12.8 Å². The van der Waals surface area contributed by atoms with Gasteiger partial charge in [-0.2, -0.15) is 5.10 Å². The fourth-order valence-corrected chi connectivity index (χ4v) is 2.10. The van der Waals surface area contributed by atoms with Gasteiger partial charge in [0, 0.05) is 11.8 Å². The predicted octanol–water partition coefficient (Wildman–Crippen LogP) is 3.35. The fourth-order valence-electron chi connectivity index (χ4n) is 2.10. The van der Waals surface area contributed by atoms with Gasteiger partial charge < -0.3 is 4.74 Å². The number of hydrazone groups is 1. The van der Waals surface area contributed by atoms with Crippen LogP contribution in [0.15, 0.2) is 40.2 Å². The Morgan fingerprint density at radius 1 is 1.25 bits per heavy atom. The number of aromatic amines is 1. The molecule has 0 saturated heterocycles. The van der Waals surface area contributed by atoms with E-state index in [0.29, 0.717) is 5.95 Å². The lowest BCUT2D eigenvalue weighted by Gasteiger charge is -2.05. The highest BCUT2D eigenvalue weighted by Crippen LogP contribution is 2.11. The molecule has 0 saturated carbocycles. The van der Waals surface area contributed by atoms with E-state index in [2.05, 4.69) is 27.4 Å². The van der Waals surface area contributed by atoms with E-state index in [0.717, 1.165) is 49.3 Å². The highest BCUT2D eigenvalue weighted by Gasteiger charge is 1.99. The monoisotopic (exact) mass is 328 g/mol. The fraction of sp³-hybridized carbons (Fsp3) is 0.389. The number of anilines is 1. The van der Waals surface area contributed by atoms with E-state index in [1.807, 2.05) is 31.2 Å². The van der Waals surface area contributed by atoms with Crippen molar-refractivity contribution >= 4 is 12.2 Å². The number of nitrogens with zero attached hydrogens (tertiary/aromatic N) is 2. The van der Waals surface area contributed by atoms with Crippen molar-refractivity contribution in [3.63, 3.8) is 0 Å². The standard InChI is InChI=1S/C18H24N4O2/c1-3-5-11-24-16-9-7-14(8-10-16)13-19-22-18-20-15(6-4-2)12-17(23)21-18/h7-10,12-13H,3-6,11H2,1-2H3,(H2,20,21,22,23)/b19-13+. The molecular formula is C18H24N4O2. The van der Waals surface area contributed by atoms with Gasteiger partial charge in [-0.1, -0.05) is 26.7 Å². The van der Waals surface area contributed by atoms with E-state index in [4.69, 9.17) is 4.74 Å². The maximum Gasteiger partial charge on any atom is 0.252 e. The molecule has 1 heterocycles. The zero-order valence-corrected chi connectivity index (χ0v) is 14.2. The molecule has 0 amide bonds. The summed E-state index contributed by atoms with van der Waals surface area (Å²) < 4.78 is 5.61. The maximum absolute atomic E-state index is 11.6. The Kier molecular flexibility index (Phi) is 7.01. The van der Waals surface area contributed by atoms with Crippen LogP contribution in [-0.4, -0.2) is 22.8 Å². The summed E-state index contributed by atoms with van der Waals surface area (Å²) in [6.07, 6.45) is 5.54. The zero-order valence-electron chi connectivity index (χ0n) is 14.2. The molecule has 0 unspecified atom stereocenters. The molecule has 1 aromatic heterocycles. The Hall–Kier alpha value is -2.63. The molecular weight excluding hydrogens is 304 g/mol. The van der Waals surface area contributed by atoms with Crippen LogP contribution in [0.5, 0.6) is 5.75 Å². The van der Waals surface area contributed by atoms with Gasteiger partial charge in [0.25, 0.3) is 5.56 Å². The number of aromatic nitrogens is 2. The summed E-state index contributed by atoms with van der Waals surface area (Å²) in [6.45, 7) is 4.92. The van der Waals surface area contributed by atoms with Gasteiger partial charge >= 0.3 is 0 Å². The Balaban J connectivity index is 1.93. The van der Waals surface area contributed by atoms with Crippen LogP contribution in [0.25, 0.3) is 0 Å². The average molecular weight is 328 g/mol. The molecule has 0 bridgehead atoms. The summed E-state index contributed by atoms with van der Waals surface area (Å²) in [4.78, 5) is 18.5. The largest absolute Gasteiger partial charge is 0.494 e. The highest BCUT2D eigenvalue weighted by molar-refractivity contribution is 5.80. The van der Waals surface area contributed by atoms with Crippen molar-refractivity contribution in [2.75, 3.05) is 12.0 Å². The van der Waals surface area contributed by atoms with Crippen molar-refractivity contribution < 1.29 is 4.74 Å². The minimum Gasteiger partial charge on any atom is -0.494 e. The van der Waals surface area contributed by atoms with E-state index in [1.54, 1.807) is 6.21 Å². The van der Waals surface area contributed by atoms with Crippen molar-refractivity contribution in [1.82, 2.24) is 9.97 Å². The predicted molar refractivity (Wildman–Crippen MR) is 96.9 cm³/mol. The van der Waals surface area contributed by atoms with Gasteiger partial charge in [-0.3, -0.25) is 9.78 Å². The number of ether oxygens (including phenoxy) is 1. The number of nitrogens with one attached hydrogen (secondary N) is 2. The van der Waals surface area contributed by atoms with E-state index in [9.17, 15) is 4.79 Å². The van der Waals surface area contributed by atoms with Crippen LogP contribution in [0, 0.1) is 0 Å². The van der Waals surface area contributed by atoms with Gasteiger partial charge in [-0.25, -0.2) is 10.4 Å². The van der Waals surface area contributed by atoms with Gasteiger partial charge in [-0.15, -0.1) is 0 Å². The van der Waals surface area contributed by atoms with Crippen molar-refractivity contribution in [3.05, 3.63) is 51.9 Å². The Labute approximate surface area is 142 Å². The van der Waals surface area contributed by atoms with Crippen molar-refractivity contribution in [3.8, 4) is 5.75 Å². The molecule has 0 atom stereocenters. The first kappa shape index (κ1) is 17.7. The normalized spacial score (nSPS) is 10.9. The summed E-state index contributed by atoms with van der Waals surface area (Å²) in [5.41, 5.74) is 4.27.